The van der Waals surface area contributed by atoms with Crippen LogP contribution in [0.3, 0.4) is 0 Å². The third-order valence-corrected chi connectivity index (χ3v) is 5.73. The zero-order valence-electron chi connectivity index (χ0n) is 14.2. The van der Waals surface area contributed by atoms with Gasteiger partial charge < -0.3 is 15.0 Å². The molecule has 2 saturated heterocycles. The van der Waals surface area contributed by atoms with Crippen molar-refractivity contribution in [3.63, 3.8) is 0 Å². The van der Waals surface area contributed by atoms with Gasteiger partial charge in [0.2, 0.25) is 0 Å². The Balaban J connectivity index is 1.42. The first kappa shape index (κ1) is 16.7. The molecule has 3 rings (SSSR count). The predicted molar refractivity (Wildman–Crippen MR) is 96.3 cm³/mol. The molecule has 0 spiro atoms. The van der Waals surface area contributed by atoms with E-state index in [-0.39, 0.29) is 6.10 Å². The summed E-state index contributed by atoms with van der Waals surface area (Å²) in [7, 11) is 3.95. The van der Waals surface area contributed by atoms with Crippen LogP contribution in [0.25, 0.3) is 0 Å². The van der Waals surface area contributed by atoms with Crippen molar-refractivity contribution < 1.29 is 4.74 Å². The first-order chi connectivity index (χ1) is 11.3. The fourth-order valence-corrected chi connectivity index (χ4v) is 4.14. The molecule has 1 aromatic heterocycles. The Labute approximate surface area is 143 Å². The van der Waals surface area contributed by atoms with Crippen LogP contribution in [0, 0.1) is 0 Å². The Kier molecular flexibility index (Phi) is 5.91. The van der Waals surface area contributed by atoms with Crippen LogP contribution in [-0.2, 0) is 11.2 Å². The molecule has 2 aliphatic heterocycles. The molecule has 128 valence electrons. The van der Waals surface area contributed by atoms with Crippen molar-refractivity contribution >= 4 is 17.3 Å². The number of likely N-dealkylation sites (N-methyl/N-ethyl adjacent to an activating group) is 1. The quantitative estimate of drug-likeness (QED) is 0.656. The van der Waals surface area contributed by atoms with Crippen molar-refractivity contribution in [1.82, 2.24) is 15.1 Å². The topological polar surface area (TPSA) is 40.1 Å². The van der Waals surface area contributed by atoms with E-state index in [1.165, 1.54) is 24.3 Å². The molecule has 0 aromatic carbocycles. The highest BCUT2D eigenvalue weighted by atomic mass is 32.1. The van der Waals surface area contributed by atoms with E-state index in [0.717, 1.165) is 38.6 Å². The number of aliphatic imine (C=N–C) groups is 1. The maximum absolute atomic E-state index is 6.01. The molecule has 2 unspecified atom stereocenters. The van der Waals surface area contributed by atoms with Crippen molar-refractivity contribution in [3.8, 4) is 0 Å². The zero-order valence-corrected chi connectivity index (χ0v) is 15.0. The van der Waals surface area contributed by atoms with Gasteiger partial charge >= 0.3 is 0 Å². The average molecular weight is 337 g/mol. The van der Waals surface area contributed by atoms with Gasteiger partial charge in [0.05, 0.1) is 12.7 Å². The maximum Gasteiger partial charge on any atom is 0.193 e. The van der Waals surface area contributed by atoms with E-state index in [2.05, 4.69) is 44.7 Å². The summed E-state index contributed by atoms with van der Waals surface area (Å²) in [6, 6.07) is 4.97. The first-order valence-corrected chi connectivity index (χ1v) is 9.44. The number of morpholine rings is 1. The van der Waals surface area contributed by atoms with E-state index in [0.29, 0.717) is 6.04 Å². The molecule has 1 aromatic rings. The molecule has 6 heteroatoms. The summed E-state index contributed by atoms with van der Waals surface area (Å²) in [5.41, 5.74) is 0. The summed E-state index contributed by atoms with van der Waals surface area (Å²) in [5.74, 6) is 0.953. The maximum atomic E-state index is 6.01. The molecule has 3 heterocycles. The van der Waals surface area contributed by atoms with Crippen molar-refractivity contribution in [2.45, 2.75) is 31.4 Å². The normalized spacial score (nSPS) is 25.4. The predicted octanol–water partition coefficient (Wildman–Crippen LogP) is 1.66. The number of nitrogens with zero attached hydrogens (tertiary/aromatic N) is 3. The molecule has 0 saturated carbocycles. The second-order valence-electron chi connectivity index (χ2n) is 6.43. The molecule has 23 heavy (non-hydrogen) atoms. The summed E-state index contributed by atoms with van der Waals surface area (Å²) in [6.07, 6.45) is 3.95. The van der Waals surface area contributed by atoms with E-state index >= 15 is 0 Å². The summed E-state index contributed by atoms with van der Waals surface area (Å²) in [6.45, 7) is 4.98. The van der Waals surface area contributed by atoms with Gasteiger partial charge in [0.15, 0.2) is 5.96 Å². The van der Waals surface area contributed by atoms with Crippen LogP contribution in [0.4, 0.5) is 0 Å². The van der Waals surface area contributed by atoms with Gasteiger partial charge in [-0.05, 0) is 37.3 Å². The molecule has 5 nitrogen and oxygen atoms in total. The van der Waals surface area contributed by atoms with Crippen LogP contribution in [0.15, 0.2) is 22.5 Å². The van der Waals surface area contributed by atoms with Crippen molar-refractivity contribution in [2.24, 2.45) is 4.99 Å². The molecule has 0 amide bonds. The Morgan fingerprint density at radius 1 is 1.57 bits per heavy atom. The minimum absolute atomic E-state index is 0.270. The smallest absolute Gasteiger partial charge is 0.193 e. The van der Waals surface area contributed by atoms with Gasteiger partial charge in [-0.25, -0.2) is 0 Å². The summed E-state index contributed by atoms with van der Waals surface area (Å²) in [4.78, 5) is 10.6. The number of hydrogen-bond donors (Lipinski definition) is 1. The molecule has 2 fully saturated rings. The molecule has 1 N–H and O–H groups in total. The van der Waals surface area contributed by atoms with Crippen molar-refractivity contribution in [1.29, 1.82) is 0 Å². The SMILES string of the molecule is CN=C(NCC1CN2CCCC2CO1)N(C)CCc1cccs1. The van der Waals surface area contributed by atoms with Crippen LogP contribution >= 0.6 is 11.3 Å². The van der Waals surface area contributed by atoms with Crippen molar-refractivity contribution in [2.75, 3.05) is 46.9 Å². The minimum Gasteiger partial charge on any atom is -0.373 e. The second-order valence-corrected chi connectivity index (χ2v) is 7.46. The zero-order chi connectivity index (χ0) is 16.1. The number of hydrogen-bond acceptors (Lipinski definition) is 4. The van der Waals surface area contributed by atoms with E-state index in [1.54, 1.807) is 0 Å². The van der Waals surface area contributed by atoms with Gasteiger partial charge in [-0.2, -0.15) is 0 Å². The van der Waals surface area contributed by atoms with E-state index in [1.807, 2.05) is 18.4 Å². The van der Waals surface area contributed by atoms with Gasteiger partial charge in [0.25, 0.3) is 0 Å². The van der Waals surface area contributed by atoms with Gasteiger partial charge in [-0.15, -0.1) is 11.3 Å². The number of guanidine groups is 1. The fourth-order valence-electron chi connectivity index (χ4n) is 3.44. The lowest BCUT2D eigenvalue weighted by Gasteiger charge is -2.35. The Morgan fingerprint density at radius 3 is 3.26 bits per heavy atom. The lowest BCUT2D eigenvalue weighted by Crippen LogP contribution is -2.51. The molecular weight excluding hydrogens is 308 g/mol. The summed E-state index contributed by atoms with van der Waals surface area (Å²) in [5, 5.41) is 5.61. The number of rotatable bonds is 5. The van der Waals surface area contributed by atoms with Crippen LogP contribution < -0.4 is 5.32 Å². The number of nitrogens with one attached hydrogen (secondary N) is 1. The molecule has 0 bridgehead atoms. The summed E-state index contributed by atoms with van der Waals surface area (Å²) < 4.78 is 6.01. The third-order valence-electron chi connectivity index (χ3n) is 4.80. The second kappa shape index (κ2) is 8.13. The lowest BCUT2D eigenvalue weighted by molar-refractivity contribution is -0.0454. The standard InChI is InChI=1S/C17H28N4OS/c1-18-17(20(2)9-7-16-6-4-10-23-16)19-11-15-12-21-8-3-5-14(21)13-22-15/h4,6,10,14-15H,3,5,7-9,11-13H2,1-2H3,(H,18,19). The average Bonchev–Trinajstić information content (AvgIpc) is 3.24. The molecular formula is C17H28N4OS. The monoisotopic (exact) mass is 336 g/mol. The van der Waals surface area contributed by atoms with Crippen LogP contribution in [0.1, 0.15) is 17.7 Å². The Morgan fingerprint density at radius 2 is 2.48 bits per heavy atom. The highest BCUT2D eigenvalue weighted by Crippen LogP contribution is 2.22. The van der Waals surface area contributed by atoms with Crippen LogP contribution in [0.2, 0.25) is 0 Å². The molecule has 0 aliphatic carbocycles. The van der Waals surface area contributed by atoms with E-state index < -0.39 is 0 Å². The Bertz CT molecular complexity index is 505. The summed E-state index contributed by atoms with van der Waals surface area (Å²) >= 11 is 1.82. The fraction of sp³-hybridized carbons (Fsp3) is 0.706. The van der Waals surface area contributed by atoms with E-state index in [9.17, 15) is 0 Å². The lowest BCUT2D eigenvalue weighted by atomic mass is 10.2. The van der Waals surface area contributed by atoms with Crippen LogP contribution in [0.5, 0.6) is 0 Å². The number of ether oxygens (including phenoxy) is 1. The minimum atomic E-state index is 0.270. The number of fused-ring (bicyclic) bond motifs is 1. The largest absolute Gasteiger partial charge is 0.373 e. The van der Waals surface area contributed by atoms with Crippen LogP contribution in [-0.4, -0.2) is 74.8 Å². The van der Waals surface area contributed by atoms with Crippen molar-refractivity contribution in [3.05, 3.63) is 22.4 Å². The number of thiophene rings is 1. The van der Waals surface area contributed by atoms with E-state index in [4.69, 9.17) is 4.74 Å². The van der Waals surface area contributed by atoms with Gasteiger partial charge in [0.1, 0.15) is 0 Å². The Hall–Kier alpha value is -1.11. The highest BCUT2D eigenvalue weighted by molar-refractivity contribution is 7.09. The third kappa shape index (κ3) is 4.46. The molecule has 2 aliphatic rings. The molecule has 2 atom stereocenters. The molecule has 0 radical (unpaired) electrons. The van der Waals surface area contributed by atoms with Gasteiger partial charge in [-0.1, -0.05) is 6.07 Å². The first-order valence-electron chi connectivity index (χ1n) is 8.56. The van der Waals surface area contributed by atoms with Gasteiger partial charge in [-0.3, -0.25) is 9.89 Å². The van der Waals surface area contributed by atoms with Gasteiger partial charge in [0, 0.05) is 44.6 Å². The highest BCUT2D eigenvalue weighted by Gasteiger charge is 2.32.